The number of aromatic nitrogens is 3. The summed E-state index contributed by atoms with van der Waals surface area (Å²) in [6.07, 6.45) is 8.63. The molecule has 4 unspecified atom stereocenters. The molecule has 9 rings (SSSR count). The number of nitrogens with one attached hydrogen (secondary N) is 1. The van der Waals surface area contributed by atoms with Gasteiger partial charge >= 0.3 is 16.2 Å². The maximum Gasteiger partial charge on any atom is 0.319 e. The Labute approximate surface area is 337 Å². The van der Waals surface area contributed by atoms with E-state index in [4.69, 9.17) is 21.6 Å². The lowest BCUT2D eigenvalue weighted by molar-refractivity contribution is -0.127. The molecule has 4 aliphatic heterocycles. The van der Waals surface area contributed by atoms with Gasteiger partial charge in [-0.05, 0) is 67.9 Å². The number of amides is 1. The predicted octanol–water partition coefficient (Wildman–Crippen LogP) is 8.67. The van der Waals surface area contributed by atoms with E-state index >= 15 is 4.39 Å². The molecular formula is C41H35F8N7O3S. The molecule has 1 amide bonds. The van der Waals surface area contributed by atoms with Crippen molar-refractivity contribution in [3.05, 3.63) is 77.5 Å². The van der Waals surface area contributed by atoms with E-state index in [1.807, 2.05) is 4.90 Å². The van der Waals surface area contributed by atoms with Crippen LogP contribution in [0.2, 0.25) is 0 Å². The molecule has 2 bridgehead atoms. The van der Waals surface area contributed by atoms with Crippen LogP contribution in [0.5, 0.6) is 11.8 Å². The molecular weight excluding hydrogens is 823 g/mol. The summed E-state index contributed by atoms with van der Waals surface area (Å²) in [6, 6.07) is 5.43. The van der Waals surface area contributed by atoms with Crippen LogP contribution < -0.4 is 9.64 Å². The highest BCUT2D eigenvalue weighted by Crippen LogP contribution is 3.02. The first-order valence-corrected chi connectivity index (χ1v) is 21.0. The van der Waals surface area contributed by atoms with Gasteiger partial charge in [-0.3, -0.25) is 20.1 Å². The highest BCUT2D eigenvalue weighted by atomic mass is 32.5. The first kappa shape index (κ1) is 39.7. The molecule has 4 atom stereocenters. The van der Waals surface area contributed by atoms with Crippen LogP contribution in [-0.2, 0) is 4.79 Å². The van der Waals surface area contributed by atoms with E-state index in [9.17, 15) is 38.1 Å². The molecule has 0 spiro atoms. The van der Waals surface area contributed by atoms with Gasteiger partial charge in [0, 0.05) is 48.8 Å². The maximum absolute atomic E-state index is 17.1. The summed E-state index contributed by atoms with van der Waals surface area (Å²) < 4.78 is 120. The van der Waals surface area contributed by atoms with E-state index in [1.54, 1.807) is 4.90 Å². The Morgan fingerprint density at radius 3 is 2.42 bits per heavy atom. The van der Waals surface area contributed by atoms with Crippen molar-refractivity contribution in [1.82, 2.24) is 24.8 Å². The maximum atomic E-state index is 17.1. The Kier molecular flexibility index (Phi) is 8.69. The fourth-order valence-corrected chi connectivity index (χ4v) is 10.1. The fraction of sp³-hybridized carbons (Fsp3) is 0.341. The number of rotatable bonds is 8. The van der Waals surface area contributed by atoms with Crippen molar-refractivity contribution in [2.45, 2.75) is 60.8 Å². The summed E-state index contributed by atoms with van der Waals surface area (Å²) in [5.74, 6) is -0.287. The number of halogens is 8. The number of piperazine rings is 1. The zero-order chi connectivity index (χ0) is 42.6. The van der Waals surface area contributed by atoms with Crippen molar-refractivity contribution in [3.63, 3.8) is 0 Å². The van der Waals surface area contributed by atoms with Crippen LogP contribution in [0.3, 0.4) is 0 Å². The molecule has 4 saturated heterocycles. The molecule has 0 aliphatic carbocycles. The zero-order valence-corrected chi connectivity index (χ0v) is 32.3. The SMILES string of the molecule is C#Cc1c(F)ccc2cc(O)cc(-c3ncc4c(N5CC6CCC(C5)N6C(=O)C(=N)c5ccc(S(F)(F)(F)(F)F)cc5)nc(OCC56CCCN5CC(F)C6)nc4c3F)c12. The number of phenols is 1. The number of hydrogen-bond acceptors (Lipinski definition) is 9. The Hall–Kier alpha value is -5.74. The van der Waals surface area contributed by atoms with Crippen molar-refractivity contribution >= 4 is 49.3 Å². The van der Waals surface area contributed by atoms with Crippen molar-refractivity contribution in [2.24, 2.45) is 0 Å². The van der Waals surface area contributed by atoms with E-state index < -0.39 is 62.2 Å². The van der Waals surface area contributed by atoms with Crippen LogP contribution >= 0.6 is 10.2 Å². The minimum atomic E-state index is -9.98. The number of phenolic OH excluding ortho intramolecular Hbond substituents is 1. The Bertz CT molecular complexity index is 2690. The molecule has 10 nitrogen and oxygen atoms in total. The number of anilines is 1. The summed E-state index contributed by atoms with van der Waals surface area (Å²) in [6.45, 7) is 1.18. The molecule has 2 N–H and O–H groups in total. The molecule has 60 heavy (non-hydrogen) atoms. The van der Waals surface area contributed by atoms with Gasteiger partial charge in [-0.1, -0.05) is 43.5 Å². The molecule has 4 fully saturated rings. The van der Waals surface area contributed by atoms with Gasteiger partial charge in [0.15, 0.2) is 5.82 Å². The fourth-order valence-electron chi connectivity index (χ4n) is 9.45. The van der Waals surface area contributed by atoms with Gasteiger partial charge in [0.05, 0.1) is 28.6 Å². The van der Waals surface area contributed by atoms with Crippen LogP contribution in [0.15, 0.2) is 59.6 Å². The first-order valence-electron chi connectivity index (χ1n) is 19.0. The Balaban J connectivity index is 1.08. The van der Waals surface area contributed by atoms with Crippen LogP contribution in [0.1, 0.15) is 43.2 Å². The lowest BCUT2D eigenvalue weighted by Crippen LogP contribution is -2.57. The molecule has 6 heterocycles. The van der Waals surface area contributed by atoms with Crippen LogP contribution in [0, 0.1) is 29.4 Å². The number of carbonyl (C=O) groups excluding carboxylic acids is 1. The molecule has 3 aromatic carbocycles. The number of ether oxygens (including phenoxy) is 1. The Morgan fingerprint density at radius 2 is 1.73 bits per heavy atom. The number of hydrogen-bond donors (Lipinski definition) is 2. The number of aromatic hydroxyl groups is 1. The van der Waals surface area contributed by atoms with Crippen LogP contribution in [0.4, 0.5) is 38.4 Å². The van der Waals surface area contributed by atoms with Gasteiger partial charge < -0.3 is 19.6 Å². The van der Waals surface area contributed by atoms with Crippen molar-refractivity contribution in [2.75, 3.05) is 37.7 Å². The van der Waals surface area contributed by atoms with E-state index in [1.165, 1.54) is 29.3 Å². The molecule has 0 saturated carbocycles. The molecule has 19 heteroatoms. The van der Waals surface area contributed by atoms with Gasteiger partial charge in [0.1, 0.15) is 52.0 Å². The van der Waals surface area contributed by atoms with Gasteiger partial charge in [0.2, 0.25) is 0 Å². The minimum Gasteiger partial charge on any atom is -0.508 e. The number of pyridine rings is 1. The van der Waals surface area contributed by atoms with E-state index in [2.05, 4.69) is 15.9 Å². The average molecular weight is 858 g/mol. The smallest absolute Gasteiger partial charge is 0.319 e. The lowest BCUT2D eigenvalue weighted by Gasteiger charge is -2.42. The normalized spacial score (nSPS) is 24.0. The molecule has 0 radical (unpaired) electrons. The summed E-state index contributed by atoms with van der Waals surface area (Å²) in [4.78, 5) is 30.5. The minimum absolute atomic E-state index is 0.00394. The molecule has 5 aromatic rings. The summed E-state index contributed by atoms with van der Waals surface area (Å²) >= 11 is 0. The number of benzene rings is 3. The topological polar surface area (TPSA) is 119 Å². The third kappa shape index (κ3) is 6.69. The first-order chi connectivity index (χ1) is 28.2. The van der Waals surface area contributed by atoms with Gasteiger partial charge in [-0.25, -0.2) is 13.2 Å². The van der Waals surface area contributed by atoms with E-state index in [0.717, 1.165) is 12.5 Å². The monoisotopic (exact) mass is 857 g/mol. The second kappa shape index (κ2) is 13.1. The summed E-state index contributed by atoms with van der Waals surface area (Å²) in [7, 11) is -9.98. The molecule has 314 valence electrons. The quantitative estimate of drug-likeness (QED) is 0.0905. The molecule has 2 aromatic heterocycles. The van der Waals surface area contributed by atoms with Crippen molar-refractivity contribution < 1.29 is 47.2 Å². The van der Waals surface area contributed by atoms with E-state index in [-0.39, 0.29) is 101 Å². The third-order valence-electron chi connectivity index (χ3n) is 12.1. The second-order valence-corrected chi connectivity index (χ2v) is 18.3. The third-order valence-corrected chi connectivity index (χ3v) is 13.3. The lowest BCUT2D eigenvalue weighted by atomic mass is 9.95. The summed E-state index contributed by atoms with van der Waals surface area (Å²) in [5.41, 5.74) is -2.28. The largest absolute Gasteiger partial charge is 0.508 e. The highest BCUT2D eigenvalue weighted by Gasteiger charge is 2.65. The zero-order valence-electron chi connectivity index (χ0n) is 31.5. The number of carbonyl (C=O) groups is 1. The van der Waals surface area contributed by atoms with Gasteiger partial charge in [-0.2, -0.15) is 9.97 Å². The highest BCUT2D eigenvalue weighted by molar-refractivity contribution is 8.45. The van der Waals surface area contributed by atoms with Crippen molar-refractivity contribution in [1.29, 1.82) is 5.41 Å². The Morgan fingerprint density at radius 1 is 1.02 bits per heavy atom. The summed E-state index contributed by atoms with van der Waals surface area (Å²) in [5, 5.41) is 19.7. The second-order valence-electron chi connectivity index (χ2n) is 15.9. The number of terminal acetylenes is 1. The standard InChI is InChI=1S/C41H35F8N7O3S/c1-2-29-32(43)11-6-23-14-27(57)15-30(33(23)29)36-34(44)37-31(17-51-36)38(53-40(52-37)59-21-41-12-3-13-55(41)18-24(42)16-41)54-19-25-7-8-26(20-54)56(25)39(58)35(50)22-4-9-28(10-5-22)60(45,46,47,48)49/h1,4-6,9-11,14-15,17,24-26,50,57H,3,7-8,12-13,16,18-21H2. The predicted molar refractivity (Wildman–Crippen MR) is 209 cm³/mol. The number of alkyl halides is 1. The number of nitrogens with zero attached hydrogens (tertiary/aromatic N) is 6. The van der Waals surface area contributed by atoms with Crippen LogP contribution in [0.25, 0.3) is 32.9 Å². The van der Waals surface area contributed by atoms with E-state index in [0.29, 0.717) is 43.3 Å². The van der Waals surface area contributed by atoms with Gasteiger partial charge in [-0.15, -0.1) is 6.42 Å². The van der Waals surface area contributed by atoms with Crippen LogP contribution in [-0.4, -0.2) is 98.1 Å². The van der Waals surface area contributed by atoms with Crippen molar-refractivity contribution in [3.8, 4) is 35.4 Å². The number of fused-ring (bicyclic) bond motifs is 5. The van der Waals surface area contributed by atoms with Gasteiger partial charge in [0.25, 0.3) is 5.91 Å². The molecule has 4 aliphatic rings. The average Bonchev–Trinajstić information content (AvgIpc) is 3.81.